The summed E-state index contributed by atoms with van der Waals surface area (Å²) in [6.07, 6.45) is 4.37. The highest BCUT2D eigenvalue weighted by Gasteiger charge is 2.23. The molecule has 0 aliphatic heterocycles. The number of furan rings is 1. The maximum atomic E-state index is 13.6. The number of benzene rings is 1. The lowest BCUT2D eigenvalue weighted by Crippen LogP contribution is -2.21. The van der Waals surface area contributed by atoms with Crippen LogP contribution in [0.2, 0.25) is 0 Å². The highest BCUT2D eigenvalue weighted by atomic mass is 19.1. The fourth-order valence-electron chi connectivity index (χ4n) is 2.65. The third-order valence-corrected chi connectivity index (χ3v) is 3.56. The van der Waals surface area contributed by atoms with E-state index in [1.54, 1.807) is 18.4 Å². The summed E-state index contributed by atoms with van der Waals surface area (Å²) in [4.78, 5) is 0. The van der Waals surface area contributed by atoms with Gasteiger partial charge in [0.25, 0.3) is 0 Å². The minimum atomic E-state index is -0.0668. The van der Waals surface area contributed by atoms with E-state index < -0.39 is 0 Å². The van der Waals surface area contributed by atoms with Gasteiger partial charge in [0, 0.05) is 19.0 Å². The number of nitrogens with one attached hydrogen (secondary N) is 1. The summed E-state index contributed by atoms with van der Waals surface area (Å²) in [7, 11) is 0. The van der Waals surface area contributed by atoms with Crippen LogP contribution in [0.4, 0.5) is 4.39 Å². The van der Waals surface area contributed by atoms with Crippen molar-refractivity contribution in [3.8, 4) is 0 Å². The average Bonchev–Trinajstić information content (AvgIpc) is 3.00. The molecule has 2 aromatic rings. The number of hydrogen-bond acceptors (Lipinski definition) is 2. The van der Waals surface area contributed by atoms with Gasteiger partial charge in [0.05, 0.1) is 6.26 Å². The molecule has 0 saturated heterocycles. The molecule has 0 fully saturated rings. The van der Waals surface area contributed by atoms with E-state index >= 15 is 0 Å². The maximum Gasteiger partial charge on any atom is 0.126 e. The Bertz CT molecular complexity index is 521. The van der Waals surface area contributed by atoms with Crippen molar-refractivity contribution < 1.29 is 8.81 Å². The van der Waals surface area contributed by atoms with Gasteiger partial charge in [-0.05, 0) is 42.2 Å². The summed E-state index contributed by atoms with van der Waals surface area (Å²) in [6, 6.07) is 9.52. The van der Waals surface area contributed by atoms with Crippen molar-refractivity contribution >= 4 is 0 Å². The zero-order chi connectivity index (χ0) is 12.4. The van der Waals surface area contributed by atoms with Crippen LogP contribution >= 0.6 is 0 Å². The van der Waals surface area contributed by atoms with E-state index in [2.05, 4.69) is 5.32 Å². The molecule has 1 aliphatic rings. The predicted molar refractivity (Wildman–Crippen MR) is 67.9 cm³/mol. The van der Waals surface area contributed by atoms with Crippen LogP contribution in [0.25, 0.3) is 0 Å². The summed E-state index contributed by atoms with van der Waals surface area (Å²) in [5.74, 6) is 0.919. The summed E-state index contributed by atoms with van der Waals surface area (Å²) < 4.78 is 18.9. The second kappa shape index (κ2) is 4.94. The highest BCUT2D eigenvalue weighted by molar-refractivity contribution is 5.35. The van der Waals surface area contributed by atoms with Gasteiger partial charge in [-0.1, -0.05) is 12.1 Å². The quantitative estimate of drug-likeness (QED) is 0.894. The molecular weight excluding hydrogens is 229 g/mol. The summed E-state index contributed by atoms with van der Waals surface area (Å²) in [5, 5.41) is 3.48. The van der Waals surface area contributed by atoms with E-state index in [4.69, 9.17) is 4.42 Å². The monoisotopic (exact) mass is 245 g/mol. The minimum Gasteiger partial charge on any atom is -0.469 e. The van der Waals surface area contributed by atoms with Gasteiger partial charge in [0.15, 0.2) is 0 Å². The Kier molecular flexibility index (Phi) is 3.15. The SMILES string of the molecule is Fc1cccc2c1CCC2NCCc1ccco1. The van der Waals surface area contributed by atoms with E-state index in [0.717, 1.165) is 42.7 Å². The predicted octanol–water partition coefficient (Wildman–Crippen LogP) is 3.24. The molecule has 1 aromatic carbocycles. The Morgan fingerprint density at radius 1 is 1.28 bits per heavy atom. The van der Waals surface area contributed by atoms with Gasteiger partial charge >= 0.3 is 0 Å². The molecule has 1 N–H and O–H groups in total. The van der Waals surface area contributed by atoms with Crippen LogP contribution in [0.15, 0.2) is 41.0 Å². The minimum absolute atomic E-state index is 0.0668. The normalized spacial score (nSPS) is 17.9. The highest BCUT2D eigenvalue weighted by Crippen LogP contribution is 2.32. The van der Waals surface area contributed by atoms with Crippen molar-refractivity contribution in [1.82, 2.24) is 5.32 Å². The Hall–Kier alpha value is -1.61. The van der Waals surface area contributed by atoms with E-state index in [1.807, 2.05) is 18.2 Å². The molecule has 1 aromatic heterocycles. The second-order valence-corrected chi connectivity index (χ2v) is 4.68. The Labute approximate surface area is 106 Å². The first kappa shape index (κ1) is 11.5. The van der Waals surface area contributed by atoms with Crippen LogP contribution in [0.1, 0.15) is 29.3 Å². The van der Waals surface area contributed by atoms with Crippen LogP contribution in [-0.2, 0) is 12.8 Å². The number of fused-ring (bicyclic) bond motifs is 1. The molecule has 1 heterocycles. The molecule has 2 nitrogen and oxygen atoms in total. The number of hydrogen-bond donors (Lipinski definition) is 1. The summed E-state index contributed by atoms with van der Waals surface area (Å²) in [5.41, 5.74) is 2.00. The molecule has 0 spiro atoms. The van der Waals surface area contributed by atoms with Crippen molar-refractivity contribution in [1.29, 1.82) is 0 Å². The largest absolute Gasteiger partial charge is 0.469 e. The maximum absolute atomic E-state index is 13.6. The first-order valence-corrected chi connectivity index (χ1v) is 6.37. The Morgan fingerprint density at radius 2 is 2.22 bits per heavy atom. The van der Waals surface area contributed by atoms with Crippen molar-refractivity contribution in [2.45, 2.75) is 25.3 Å². The molecular formula is C15H16FNO. The second-order valence-electron chi connectivity index (χ2n) is 4.68. The zero-order valence-electron chi connectivity index (χ0n) is 10.2. The Morgan fingerprint density at radius 3 is 3.06 bits per heavy atom. The van der Waals surface area contributed by atoms with Crippen LogP contribution in [0.3, 0.4) is 0 Å². The molecule has 3 heteroatoms. The zero-order valence-corrected chi connectivity index (χ0v) is 10.2. The fourth-order valence-corrected chi connectivity index (χ4v) is 2.65. The van der Waals surface area contributed by atoms with Crippen LogP contribution in [-0.4, -0.2) is 6.54 Å². The van der Waals surface area contributed by atoms with Crippen molar-refractivity contribution in [2.24, 2.45) is 0 Å². The van der Waals surface area contributed by atoms with E-state index in [9.17, 15) is 4.39 Å². The fraction of sp³-hybridized carbons (Fsp3) is 0.333. The number of rotatable bonds is 4. The summed E-state index contributed by atoms with van der Waals surface area (Å²) in [6.45, 7) is 0.855. The van der Waals surface area contributed by atoms with Gasteiger partial charge in [0.1, 0.15) is 11.6 Å². The van der Waals surface area contributed by atoms with E-state index in [-0.39, 0.29) is 11.9 Å². The van der Waals surface area contributed by atoms with Crippen molar-refractivity contribution in [2.75, 3.05) is 6.54 Å². The molecule has 3 rings (SSSR count). The van der Waals surface area contributed by atoms with E-state index in [0.29, 0.717) is 0 Å². The van der Waals surface area contributed by atoms with Crippen LogP contribution < -0.4 is 5.32 Å². The Balaban J connectivity index is 1.61. The molecule has 0 radical (unpaired) electrons. The molecule has 0 bridgehead atoms. The smallest absolute Gasteiger partial charge is 0.126 e. The molecule has 0 saturated carbocycles. The van der Waals surface area contributed by atoms with E-state index in [1.165, 1.54) is 0 Å². The summed E-state index contributed by atoms with van der Waals surface area (Å²) >= 11 is 0. The molecule has 1 aliphatic carbocycles. The molecule has 18 heavy (non-hydrogen) atoms. The van der Waals surface area contributed by atoms with Gasteiger partial charge < -0.3 is 9.73 Å². The lowest BCUT2D eigenvalue weighted by Gasteiger charge is -2.13. The number of halogens is 1. The van der Waals surface area contributed by atoms with Crippen LogP contribution in [0, 0.1) is 5.82 Å². The molecule has 1 unspecified atom stereocenters. The topological polar surface area (TPSA) is 25.2 Å². The van der Waals surface area contributed by atoms with Gasteiger partial charge in [0.2, 0.25) is 0 Å². The van der Waals surface area contributed by atoms with Gasteiger partial charge in [-0.2, -0.15) is 0 Å². The molecule has 94 valence electrons. The van der Waals surface area contributed by atoms with Crippen molar-refractivity contribution in [3.63, 3.8) is 0 Å². The van der Waals surface area contributed by atoms with Crippen molar-refractivity contribution in [3.05, 3.63) is 59.3 Å². The van der Waals surface area contributed by atoms with Crippen LogP contribution in [0.5, 0.6) is 0 Å². The average molecular weight is 245 g/mol. The van der Waals surface area contributed by atoms with Gasteiger partial charge in [-0.3, -0.25) is 0 Å². The van der Waals surface area contributed by atoms with Gasteiger partial charge in [-0.15, -0.1) is 0 Å². The molecule has 0 amide bonds. The lowest BCUT2D eigenvalue weighted by atomic mass is 10.1. The first-order valence-electron chi connectivity index (χ1n) is 6.37. The third-order valence-electron chi connectivity index (χ3n) is 3.56. The first-order chi connectivity index (χ1) is 8.84. The third kappa shape index (κ3) is 2.18. The molecule has 1 atom stereocenters. The lowest BCUT2D eigenvalue weighted by molar-refractivity contribution is 0.476. The van der Waals surface area contributed by atoms with Gasteiger partial charge in [-0.25, -0.2) is 4.39 Å². The standard InChI is InChI=1S/C15H16FNO/c16-14-5-1-4-13-12(14)6-7-15(13)17-9-8-11-3-2-10-18-11/h1-5,10,15,17H,6-9H2.